The third-order valence-corrected chi connectivity index (χ3v) is 3.58. The van der Waals surface area contributed by atoms with Gasteiger partial charge in [0, 0.05) is 6.04 Å². The van der Waals surface area contributed by atoms with Crippen molar-refractivity contribution >= 4 is 0 Å². The van der Waals surface area contributed by atoms with Crippen molar-refractivity contribution in [1.29, 1.82) is 0 Å². The molecule has 4 atom stereocenters. The quantitative estimate of drug-likeness (QED) is 0.717. The molecule has 1 heterocycles. The second-order valence-corrected chi connectivity index (χ2v) is 4.50. The first-order chi connectivity index (χ1) is 7.34. The zero-order chi connectivity index (χ0) is 10.3. The standard InChI is InChI=1S/C10H15N5/c1-6(10-12-14-15-13-10)11-9-5-7-3-2-4-8(7)9/h2,4,6-9,11H,3,5H2,1H3,(H,12,13,14,15). The van der Waals surface area contributed by atoms with E-state index in [1.807, 2.05) is 0 Å². The molecule has 0 radical (unpaired) electrons. The summed E-state index contributed by atoms with van der Waals surface area (Å²) in [6.07, 6.45) is 7.18. The van der Waals surface area contributed by atoms with E-state index in [1.165, 1.54) is 12.8 Å². The topological polar surface area (TPSA) is 66.5 Å². The van der Waals surface area contributed by atoms with Gasteiger partial charge in [-0.25, -0.2) is 0 Å². The van der Waals surface area contributed by atoms with Crippen LogP contribution < -0.4 is 5.32 Å². The Morgan fingerprint density at radius 2 is 2.53 bits per heavy atom. The molecule has 4 unspecified atom stereocenters. The molecule has 1 saturated carbocycles. The van der Waals surface area contributed by atoms with Gasteiger partial charge in [0.2, 0.25) is 0 Å². The lowest BCUT2D eigenvalue weighted by Crippen LogP contribution is -2.48. The van der Waals surface area contributed by atoms with E-state index in [4.69, 9.17) is 0 Å². The van der Waals surface area contributed by atoms with Crippen LogP contribution in [-0.4, -0.2) is 26.7 Å². The zero-order valence-electron chi connectivity index (χ0n) is 8.72. The molecule has 5 nitrogen and oxygen atoms in total. The summed E-state index contributed by atoms with van der Waals surface area (Å²) in [5.74, 6) is 2.37. The van der Waals surface area contributed by atoms with Gasteiger partial charge >= 0.3 is 0 Å². The number of nitrogens with one attached hydrogen (secondary N) is 2. The fourth-order valence-corrected chi connectivity index (χ4v) is 2.66. The van der Waals surface area contributed by atoms with Gasteiger partial charge in [-0.3, -0.25) is 0 Å². The van der Waals surface area contributed by atoms with E-state index >= 15 is 0 Å². The Morgan fingerprint density at radius 1 is 1.60 bits per heavy atom. The van der Waals surface area contributed by atoms with Gasteiger partial charge in [-0.05, 0) is 31.6 Å². The summed E-state index contributed by atoms with van der Waals surface area (Å²) in [6, 6.07) is 0.783. The van der Waals surface area contributed by atoms with Gasteiger partial charge in [-0.1, -0.05) is 17.4 Å². The highest BCUT2D eigenvalue weighted by Crippen LogP contribution is 2.43. The van der Waals surface area contributed by atoms with Crippen LogP contribution in [0.2, 0.25) is 0 Å². The van der Waals surface area contributed by atoms with Crippen molar-refractivity contribution < 1.29 is 0 Å². The lowest BCUT2D eigenvalue weighted by Gasteiger charge is -2.41. The SMILES string of the molecule is CC(NC1CC2CC=CC21)c1nn[nH]n1. The number of aromatic nitrogens is 4. The van der Waals surface area contributed by atoms with E-state index in [0.29, 0.717) is 6.04 Å². The van der Waals surface area contributed by atoms with Gasteiger partial charge in [0.1, 0.15) is 0 Å². The Balaban J connectivity index is 1.60. The second kappa shape index (κ2) is 3.41. The smallest absolute Gasteiger partial charge is 0.191 e. The highest BCUT2D eigenvalue weighted by molar-refractivity contribution is 5.13. The average Bonchev–Trinajstić information content (AvgIpc) is 2.82. The number of H-pyrrole nitrogens is 1. The lowest BCUT2D eigenvalue weighted by atomic mass is 9.71. The summed E-state index contributed by atoms with van der Waals surface area (Å²) < 4.78 is 0. The minimum Gasteiger partial charge on any atom is -0.304 e. The molecule has 3 rings (SSSR count). The largest absolute Gasteiger partial charge is 0.304 e. The predicted octanol–water partition coefficient (Wildman–Crippen LogP) is 0.815. The minimum atomic E-state index is 0.184. The number of allylic oxidation sites excluding steroid dienone is 1. The van der Waals surface area contributed by atoms with Crippen molar-refractivity contribution in [3.05, 3.63) is 18.0 Å². The van der Waals surface area contributed by atoms with Gasteiger partial charge in [-0.2, -0.15) is 5.21 Å². The second-order valence-electron chi connectivity index (χ2n) is 4.50. The molecule has 0 bridgehead atoms. The number of fused-ring (bicyclic) bond motifs is 1. The van der Waals surface area contributed by atoms with Crippen LogP contribution in [0.5, 0.6) is 0 Å². The Morgan fingerprint density at radius 3 is 3.27 bits per heavy atom. The highest BCUT2D eigenvalue weighted by atomic mass is 15.5. The van der Waals surface area contributed by atoms with Crippen LogP contribution in [0.4, 0.5) is 0 Å². The summed E-state index contributed by atoms with van der Waals surface area (Å²) in [7, 11) is 0. The summed E-state index contributed by atoms with van der Waals surface area (Å²) in [4.78, 5) is 0. The molecular weight excluding hydrogens is 190 g/mol. The molecule has 0 amide bonds. The molecule has 0 saturated heterocycles. The Hall–Kier alpha value is -1.23. The Labute approximate surface area is 88.3 Å². The molecule has 80 valence electrons. The molecule has 5 heteroatoms. The van der Waals surface area contributed by atoms with Crippen molar-refractivity contribution in [3.63, 3.8) is 0 Å². The normalized spacial score (nSPS) is 34.9. The predicted molar refractivity (Wildman–Crippen MR) is 54.9 cm³/mol. The monoisotopic (exact) mass is 205 g/mol. The molecule has 2 aliphatic carbocycles. The maximum Gasteiger partial charge on any atom is 0.191 e. The molecular formula is C10H15N5. The van der Waals surface area contributed by atoms with Crippen molar-refractivity contribution in [2.75, 3.05) is 0 Å². The van der Waals surface area contributed by atoms with Gasteiger partial charge in [0.25, 0.3) is 0 Å². The fourth-order valence-electron chi connectivity index (χ4n) is 2.66. The number of nitrogens with zero attached hydrogens (tertiary/aromatic N) is 3. The Kier molecular flexibility index (Phi) is 2.05. The molecule has 1 aromatic rings. The van der Waals surface area contributed by atoms with Crippen LogP contribution in [0, 0.1) is 11.8 Å². The summed E-state index contributed by atoms with van der Waals surface area (Å²) in [6.45, 7) is 2.08. The lowest BCUT2D eigenvalue weighted by molar-refractivity contribution is 0.151. The summed E-state index contributed by atoms with van der Waals surface area (Å²) in [5.41, 5.74) is 0. The molecule has 1 fully saturated rings. The third-order valence-electron chi connectivity index (χ3n) is 3.58. The molecule has 0 aliphatic heterocycles. The van der Waals surface area contributed by atoms with Crippen molar-refractivity contribution in [2.24, 2.45) is 11.8 Å². The number of rotatable bonds is 3. The van der Waals surface area contributed by atoms with Gasteiger partial charge in [0.15, 0.2) is 5.82 Å². The van der Waals surface area contributed by atoms with Crippen molar-refractivity contribution in [3.8, 4) is 0 Å². The van der Waals surface area contributed by atoms with Crippen molar-refractivity contribution in [1.82, 2.24) is 25.9 Å². The van der Waals surface area contributed by atoms with E-state index in [0.717, 1.165) is 17.7 Å². The minimum absolute atomic E-state index is 0.184. The molecule has 15 heavy (non-hydrogen) atoms. The first-order valence-electron chi connectivity index (χ1n) is 5.50. The zero-order valence-corrected chi connectivity index (χ0v) is 8.72. The summed E-state index contributed by atoms with van der Waals surface area (Å²) in [5, 5.41) is 17.6. The molecule has 0 spiro atoms. The van der Waals surface area contributed by atoms with Crippen LogP contribution >= 0.6 is 0 Å². The third kappa shape index (κ3) is 1.47. The number of hydrogen-bond acceptors (Lipinski definition) is 4. The highest BCUT2D eigenvalue weighted by Gasteiger charge is 2.41. The van der Waals surface area contributed by atoms with Crippen LogP contribution in [0.15, 0.2) is 12.2 Å². The van der Waals surface area contributed by atoms with Crippen LogP contribution in [0.25, 0.3) is 0 Å². The van der Waals surface area contributed by atoms with Crippen LogP contribution in [-0.2, 0) is 0 Å². The van der Waals surface area contributed by atoms with E-state index in [9.17, 15) is 0 Å². The Bertz CT molecular complexity index is 358. The average molecular weight is 205 g/mol. The van der Waals surface area contributed by atoms with E-state index in [2.05, 4.69) is 45.0 Å². The maximum atomic E-state index is 3.99. The molecule has 1 aromatic heterocycles. The first-order valence-corrected chi connectivity index (χ1v) is 5.50. The number of aromatic amines is 1. The van der Waals surface area contributed by atoms with Gasteiger partial charge in [-0.15, -0.1) is 10.2 Å². The van der Waals surface area contributed by atoms with Gasteiger partial charge < -0.3 is 5.32 Å². The van der Waals surface area contributed by atoms with E-state index < -0.39 is 0 Å². The maximum absolute atomic E-state index is 3.99. The number of tetrazole rings is 1. The van der Waals surface area contributed by atoms with Crippen LogP contribution in [0.1, 0.15) is 31.6 Å². The summed E-state index contributed by atoms with van der Waals surface area (Å²) >= 11 is 0. The molecule has 2 aliphatic rings. The van der Waals surface area contributed by atoms with Gasteiger partial charge in [0.05, 0.1) is 6.04 Å². The molecule has 2 N–H and O–H groups in total. The fraction of sp³-hybridized carbons (Fsp3) is 0.700. The van der Waals surface area contributed by atoms with Crippen molar-refractivity contribution in [2.45, 2.75) is 31.8 Å². The molecule has 0 aromatic carbocycles. The number of hydrogen-bond donors (Lipinski definition) is 2. The van der Waals surface area contributed by atoms with E-state index in [-0.39, 0.29) is 6.04 Å². The van der Waals surface area contributed by atoms with Crippen LogP contribution in [0.3, 0.4) is 0 Å². The first kappa shape index (κ1) is 9.03. The van der Waals surface area contributed by atoms with E-state index in [1.54, 1.807) is 0 Å².